The van der Waals surface area contributed by atoms with Crippen molar-refractivity contribution < 1.29 is 19.1 Å². The Morgan fingerprint density at radius 3 is 2.43 bits per heavy atom. The molecule has 2 aliphatic heterocycles. The summed E-state index contributed by atoms with van der Waals surface area (Å²) in [4.78, 5) is 46.0. The number of hydrogen-bond acceptors (Lipinski definition) is 9. The molecule has 230 valence electrons. The zero-order valence-corrected chi connectivity index (χ0v) is 25.3. The van der Waals surface area contributed by atoms with Crippen LogP contribution in [0, 0.1) is 0 Å². The fraction of sp³-hybridized carbons (Fsp3) is 0.406. The number of nitrogens with one attached hydrogen (secondary N) is 3. The predicted octanol–water partition coefficient (Wildman–Crippen LogP) is 4.92. The number of benzene rings is 1. The first-order chi connectivity index (χ1) is 21.2. The van der Waals surface area contributed by atoms with Gasteiger partial charge >= 0.3 is 6.09 Å². The number of carbonyl (C=O) groups excluding carboxylic acids is 2. The van der Waals surface area contributed by atoms with Crippen LogP contribution in [0.1, 0.15) is 44.1 Å². The number of amides is 2. The molecule has 0 saturated carbocycles. The van der Waals surface area contributed by atoms with Gasteiger partial charge in [0.05, 0.1) is 18.6 Å². The van der Waals surface area contributed by atoms with Gasteiger partial charge in [0, 0.05) is 55.5 Å². The van der Waals surface area contributed by atoms with Crippen LogP contribution in [-0.4, -0.2) is 87.9 Å². The number of fused-ring (bicyclic) bond motifs is 1. The van der Waals surface area contributed by atoms with Gasteiger partial charge in [-0.3, -0.25) is 9.78 Å². The number of morpholine rings is 1. The second kappa shape index (κ2) is 12.5. The highest BCUT2D eigenvalue weighted by Gasteiger charge is 2.27. The van der Waals surface area contributed by atoms with E-state index in [0.717, 1.165) is 59.7 Å². The highest BCUT2D eigenvalue weighted by molar-refractivity contribution is 6.03. The molecule has 4 aromatic rings. The average Bonchev–Trinajstić information content (AvgIpc) is 3.46. The molecule has 0 aliphatic carbocycles. The number of H-pyrrole nitrogens is 1. The van der Waals surface area contributed by atoms with Crippen molar-refractivity contribution in [1.29, 1.82) is 0 Å². The number of aromatic nitrogens is 4. The van der Waals surface area contributed by atoms with Gasteiger partial charge in [0.1, 0.15) is 29.1 Å². The second-order valence-electron chi connectivity index (χ2n) is 12.1. The first-order valence-corrected chi connectivity index (χ1v) is 15.0. The Morgan fingerprint density at radius 1 is 0.955 bits per heavy atom. The molecular weight excluding hydrogens is 560 g/mol. The SMILES string of the molecule is CC(C)(C)OC(=O)N1CCC(Nc2ccnc(C(=O)Nc3ccc(-c4cc5c(N6CCOCC6)ncnc5[nH]4)cc3)c2)CC1. The van der Waals surface area contributed by atoms with Crippen molar-refractivity contribution >= 4 is 40.2 Å². The minimum absolute atomic E-state index is 0.181. The lowest BCUT2D eigenvalue weighted by Crippen LogP contribution is -2.44. The first-order valence-electron chi connectivity index (χ1n) is 15.0. The summed E-state index contributed by atoms with van der Waals surface area (Å²) in [5, 5.41) is 7.40. The van der Waals surface area contributed by atoms with Crippen LogP contribution < -0.4 is 15.5 Å². The molecule has 1 aromatic carbocycles. The predicted molar refractivity (Wildman–Crippen MR) is 169 cm³/mol. The van der Waals surface area contributed by atoms with E-state index in [2.05, 4.69) is 41.5 Å². The lowest BCUT2D eigenvalue weighted by molar-refractivity contribution is 0.0210. The van der Waals surface area contributed by atoms with E-state index in [1.165, 1.54) is 0 Å². The van der Waals surface area contributed by atoms with Gasteiger partial charge in [-0.05, 0) is 69.5 Å². The van der Waals surface area contributed by atoms with Crippen molar-refractivity contribution in [2.24, 2.45) is 0 Å². The fourth-order valence-electron chi connectivity index (χ4n) is 5.45. The summed E-state index contributed by atoms with van der Waals surface area (Å²) < 4.78 is 11.0. The largest absolute Gasteiger partial charge is 0.444 e. The number of anilines is 3. The van der Waals surface area contributed by atoms with Crippen LogP contribution in [0.5, 0.6) is 0 Å². The smallest absolute Gasteiger partial charge is 0.410 e. The number of nitrogens with zero attached hydrogens (tertiary/aromatic N) is 5. The van der Waals surface area contributed by atoms with E-state index in [-0.39, 0.29) is 18.0 Å². The first kappa shape index (κ1) is 29.4. The lowest BCUT2D eigenvalue weighted by Gasteiger charge is -2.34. The molecule has 0 spiro atoms. The number of ether oxygens (including phenoxy) is 2. The number of carbonyl (C=O) groups is 2. The molecule has 3 N–H and O–H groups in total. The van der Waals surface area contributed by atoms with E-state index in [9.17, 15) is 9.59 Å². The third kappa shape index (κ3) is 6.91. The summed E-state index contributed by atoms with van der Waals surface area (Å²) in [6.07, 6.45) is 4.50. The normalized spacial score (nSPS) is 16.2. The van der Waals surface area contributed by atoms with Gasteiger partial charge in [0.2, 0.25) is 0 Å². The minimum atomic E-state index is -0.511. The molecule has 12 nitrogen and oxygen atoms in total. The summed E-state index contributed by atoms with van der Waals surface area (Å²) in [6.45, 7) is 9.79. The third-order valence-corrected chi connectivity index (χ3v) is 7.68. The summed E-state index contributed by atoms with van der Waals surface area (Å²) in [5.74, 6) is 0.609. The number of hydrogen-bond donors (Lipinski definition) is 3. The maximum absolute atomic E-state index is 13.1. The molecule has 44 heavy (non-hydrogen) atoms. The van der Waals surface area contributed by atoms with Crippen molar-refractivity contribution in [3.63, 3.8) is 0 Å². The van der Waals surface area contributed by atoms with Gasteiger partial charge in [-0.1, -0.05) is 12.1 Å². The topological polar surface area (TPSA) is 138 Å². The van der Waals surface area contributed by atoms with Gasteiger partial charge in [-0.2, -0.15) is 0 Å². The average molecular weight is 599 g/mol. The summed E-state index contributed by atoms with van der Waals surface area (Å²) in [6, 6.07) is 13.5. The molecule has 12 heteroatoms. The molecule has 2 aliphatic rings. The molecule has 0 bridgehead atoms. The van der Waals surface area contributed by atoms with Crippen LogP contribution >= 0.6 is 0 Å². The molecular formula is C32H38N8O4. The number of pyridine rings is 1. The maximum Gasteiger partial charge on any atom is 0.410 e. The highest BCUT2D eigenvalue weighted by atomic mass is 16.6. The molecule has 0 radical (unpaired) electrons. The monoisotopic (exact) mass is 598 g/mol. The maximum atomic E-state index is 13.1. The Morgan fingerprint density at radius 2 is 1.70 bits per heavy atom. The van der Waals surface area contributed by atoms with E-state index >= 15 is 0 Å². The number of rotatable bonds is 6. The van der Waals surface area contributed by atoms with Crippen molar-refractivity contribution in [1.82, 2.24) is 24.8 Å². The Labute approximate surface area is 256 Å². The van der Waals surface area contributed by atoms with E-state index < -0.39 is 5.60 Å². The lowest BCUT2D eigenvalue weighted by atomic mass is 10.0. The van der Waals surface area contributed by atoms with E-state index in [1.807, 2.05) is 51.1 Å². The van der Waals surface area contributed by atoms with Crippen LogP contribution in [0.15, 0.2) is 55.0 Å². The molecule has 2 saturated heterocycles. The molecule has 6 rings (SSSR count). The van der Waals surface area contributed by atoms with E-state index in [1.54, 1.807) is 23.5 Å². The van der Waals surface area contributed by atoms with Crippen LogP contribution in [0.3, 0.4) is 0 Å². The number of likely N-dealkylation sites (tertiary alicyclic amines) is 1. The highest BCUT2D eigenvalue weighted by Crippen LogP contribution is 2.30. The second-order valence-corrected chi connectivity index (χ2v) is 12.1. The molecule has 0 unspecified atom stereocenters. The molecule has 2 fully saturated rings. The zero-order chi connectivity index (χ0) is 30.7. The van der Waals surface area contributed by atoms with Crippen molar-refractivity contribution in [3.05, 3.63) is 60.7 Å². The molecule has 2 amide bonds. The van der Waals surface area contributed by atoms with Crippen molar-refractivity contribution in [2.75, 3.05) is 54.9 Å². The minimum Gasteiger partial charge on any atom is -0.444 e. The van der Waals surface area contributed by atoms with E-state index in [0.29, 0.717) is 37.7 Å². The van der Waals surface area contributed by atoms with Gasteiger partial charge in [-0.15, -0.1) is 0 Å². The van der Waals surface area contributed by atoms with Gasteiger partial charge in [0.15, 0.2) is 0 Å². The number of piperidine rings is 1. The Kier molecular flexibility index (Phi) is 8.34. The Hall–Kier alpha value is -4.71. The quantitative estimate of drug-likeness (QED) is 0.282. The van der Waals surface area contributed by atoms with Crippen molar-refractivity contribution in [3.8, 4) is 11.3 Å². The van der Waals surface area contributed by atoms with Gasteiger partial charge in [-0.25, -0.2) is 14.8 Å². The van der Waals surface area contributed by atoms with E-state index in [4.69, 9.17) is 9.47 Å². The Balaban J connectivity index is 1.06. The van der Waals surface area contributed by atoms with Gasteiger partial charge < -0.3 is 34.9 Å². The number of aromatic amines is 1. The Bertz CT molecular complexity index is 1620. The molecule has 0 atom stereocenters. The summed E-state index contributed by atoms with van der Waals surface area (Å²) in [5.41, 5.74) is 3.95. The molecule has 3 aromatic heterocycles. The van der Waals surface area contributed by atoms with Gasteiger partial charge in [0.25, 0.3) is 5.91 Å². The zero-order valence-electron chi connectivity index (χ0n) is 25.3. The van der Waals surface area contributed by atoms with Crippen LogP contribution in [0.4, 0.5) is 22.0 Å². The summed E-state index contributed by atoms with van der Waals surface area (Å²) in [7, 11) is 0. The van der Waals surface area contributed by atoms with Crippen LogP contribution in [-0.2, 0) is 9.47 Å². The van der Waals surface area contributed by atoms with Crippen LogP contribution in [0.2, 0.25) is 0 Å². The third-order valence-electron chi connectivity index (χ3n) is 7.68. The van der Waals surface area contributed by atoms with Crippen molar-refractivity contribution in [2.45, 2.75) is 45.3 Å². The fourth-order valence-corrected chi connectivity index (χ4v) is 5.45. The standard InChI is InChI=1S/C32H38N8O4/c1-32(2,3)44-31(42)40-12-9-23(10-13-40)36-24-8-11-33-27(18-24)30(41)37-22-6-4-21(5-7-22)26-19-25-28(38-26)34-20-35-29(25)39-14-16-43-17-15-39/h4-8,11,18-20,23H,9-10,12-17H2,1-3H3,(H,33,36)(H,37,41)(H,34,35,38). The molecule has 5 heterocycles. The van der Waals surface area contributed by atoms with Crippen LogP contribution in [0.25, 0.3) is 22.3 Å². The summed E-state index contributed by atoms with van der Waals surface area (Å²) >= 11 is 0.